The van der Waals surface area contributed by atoms with Crippen LogP contribution in [0.25, 0.3) is 0 Å². The van der Waals surface area contributed by atoms with Gasteiger partial charge in [-0.3, -0.25) is 14.6 Å². The van der Waals surface area contributed by atoms with Crippen molar-refractivity contribution >= 4 is 17.8 Å². The normalized spacial score (nSPS) is 13.2. The molecule has 0 aliphatic heterocycles. The third-order valence-electron chi connectivity index (χ3n) is 3.11. The third kappa shape index (κ3) is 4.27. The van der Waals surface area contributed by atoms with Crippen LogP contribution in [0.5, 0.6) is 0 Å². The van der Waals surface area contributed by atoms with Crippen LogP contribution in [0, 0.1) is 5.92 Å². The lowest BCUT2D eigenvalue weighted by atomic mass is 10.1. The molecular weight excluding hydrogens is 276 g/mol. The highest BCUT2D eigenvalue weighted by Gasteiger charge is 2.31. The maximum Gasteiger partial charge on any atom is 0.326 e. The van der Waals surface area contributed by atoms with Gasteiger partial charge in [0.2, 0.25) is 0 Å². The van der Waals surface area contributed by atoms with Crippen LogP contribution in [0.3, 0.4) is 0 Å². The minimum Gasteiger partial charge on any atom is -0.481 e. The van der Waals surface area contributed by atoms with E-state index in [4.69, 9.17) is 5.11 Å². The molecule has 0 saturated carbocycles. The quantitative estimate of drug-likeness (QED) is 0.780. The van der Waals surface area contributed by atoms with Gasteiger partial charge in [0.05, 0.1) is 11.5 Å². The minimum absolute atomic E-state index is 0.173. The number of aliphatic carboxylic acids is 2. The summed E-state index contributed by atoms with van der Waals surface area (Å²) in [6, 6.07) is 2.01. The lowest BCUT2D eigenvalue weighted by Gasteiger charge is -2.29. The lowest BCUT2D eigenvalue weighted by molar-refractivity contribution is -0.146. The third-order valence-corrected chi connectivity index (χ3v) is 3.11. The highest BCUT2D eigenvalue weighted by Crippen LogP contribution is 2.14. The Balaban J connectivity index is 3.09. The molecule has 0 bridgehead atoms. The average molecular weight is 294 g/mol. The molecule has 114 valence electrons. The second-order valence-corrected chi connectivity index (χ2v) is 4.70. The molecule has 0 aliphatic rings. The van der Waals surface area contributed by atoms with Gasteiger partial charge in [-0.25, -0.2) is 4.79 Å². The van der Waals surface area contributed by atoms with Gasteiger partial charge < -0.3 is 15.1 Å². The predicted octanol–water partition coefficient (Wildman–Crippen LogP) is 1.11. The van der Waals surface area contributed by atoms with Crippen LogP contribution in [-0.2, 0) is 9.59 Å². The molecule has 2 unspecified atom stereocenters. The maximum absolute atomic E-state index is 12.4. The monoisotopic (exact) mass is 294 g/mol. The molecule has 0 radical (unpaired) electrons. The topological polar surface area (TPSA) is 108 Å². The highest BCUT2D eigenvalue weighted by molar-refractivity contribution is 5.96. The number of amides is 1. The fraction of sp³-hybridized carbons (Fsp3) is 0.429. The van der Waals surface area contributed by atoms with Crippen molar-refractivity contribution in [3.63, 3.8) is 0 Å². The van der Waals surface area contributed by atoms with Gasteiger partial charge in [0.25, 0.3) is 5.91 Å². The van der Waals surface area contributed by atoms with E-state index in [1.807, 2.05) is 0 Å². The Morgan fingerprint density at radius 3 is 2.38 bits per heavy atom. The van der Waals surface area contributed by atoms with Crippen molar-refractivity contribution in [2.24, 2.45) is 5.92 Å². The zero-order valence-electron chi connectivity index (χ0n) is 11.9. The molecule has 0 saturated heterocycles. The van der Waals surface area contributed by atoms with E-state index < -0.39 is 29.8 Å². The first-order chi connectivity index (χ1) is 9.88. The van der Waals surface area contributed by atoms with Gasteiger partial charge in [-0.05, 0) is 18.6 Å². The van der Waals surface area contributed by atoms with Gasteiger partial charge in [-0.2, -0.15) is 0 Å². The first kappa shape index (κ1) is 16.6. The molecule has 1 aromatic heterocycles. The first-order valence-corrected chi connectivity index (χ1v) is 6.55. The van der Waals surface area contributed by atoms with Gasteiger partial charge in [-0.1, -0.05) is 13.8 Å². The summed E-state index contributed by atoms with van der Waals surface area (Å²) >= 11 is 0. The van der Waals surface area contributed by atoms with Crippen LogP contribution in [-0.4, -0.2) is 50.5 Å². The first-order valence-electron chi connectivity index (χ1n) is 6.55. The Bertz CT molecular complexity index is 517. The van der Waals surface area contributed by atoms with Crippen molar-refractivity contribution in [3.8, 4) is 0 Å². The van der Waals surface area contributed by atoms with E-state index in [0.29, 0.717) is 0 Å². The van der Waals surface area contributed by atoms with Crippen LogP contribution < -0.4 is 0 Å². The molecule has 1 amide bonds. The van der Waals surface area contributed by atoms with Crippen LogP contribution >= 0.6 is 0 Å². The summed E-state index contributed by atoms with van der Waals surface area (Å²) in [7, 11) is 0. The molecule has 1 heterocycles. The van der Waals surface area contributed by atoms with Crippen molar-refractivity contribution in [3.05, 3.63) is 30.1 Å². The van der Waals surface area contributed by atoms with E-state index in [1.165, 1.54) is 25.4 Å². The Labute approximate surface area is 122 Å². The van der Waals surface area contributed by atoms with Crippen LogP contribution in [0.15, 0.2) is 24.5 Å². The second kappa shape index (κ2) is 7.37. The van der Waals surface area contributed by atoms with E-state index >= 15 is 0 Å². The number of carbonyl (C=O) groups is 3. The summed E-state index contributed by atoms with van der Waals surface area (Å²) in [6.07, 6.45) is 3.01. The fourth-order valence-electron chi connectivity index (χ4n) is 1.91. The Morgan fingerprint density at radius 1 is 1.29 bits per heavy atom. The summed E-state index contributed by atoms with van der Waals surface area (Å²) in [5, 5.41) is 18.2. The van der Waals surface area contributed by atoms with Crippen molar-refractivity contribution < 1.29 is 24.6 Å². The smallest absolute Gasteiger partial charge is 0.326 e. The zero-order chi connectivity index (χ0) is 16.0. The summed E-state index contributed by atoms with van der Waals surface area (Å²) in [6.45, 7) is 2.89. The van der Waals surface area contributed by atoms with E-state index in [2.05, 4.69) is 4.98 Å². The maximum atomic E-state index is 12.4. The molecule has 2 atom stereocenters. The summed E-state index contributed by atoms with van der Waals surface area (Å²) < 4.78 is 0. The van der Waals surface area contributed by atoms with Crippen LogP contribution in [0.1, 0.15) is 30.6 Å². The van der Waals surface area contributed by atoms with Crippen molar-refractivity contribution in [1.82, 2.24) is 9.88 Å². The number of rotatable bonds is 7. The molecule has 0 fully saturated rings. The number of hydrogen-bond donors (Lipinski definition) is 2. The number of nitrogens with zero attached hydrogens (tertiary/aromatic N) is 2. The molecule has 0 aliphatic carbocycles. The number of carboxylic acids is 2. The van der Waals surface area contributed by atoms with Crippen molar-refractivity contribution in [1.29, 1.82) is 0 Å². The fourth-order valence-corrected chi connectivity index (χ4v) is 1.91. The van der Waals surface area contributed by atoms with E-state index in [1.54, 1.807) is 13.0 Å². The second-order valence-electron chi connectivity index (χ2n) is 4.70. The van der Waals surface area contributed by atoms with E-state index in [0.717, 1.165) is 4.90 Å². The van der Waals surface area contributed by atoms with Crippen molar-refractivity contribution in [2.45, 2.75) is 26.3 Å². The number of carboxylic acid groups (broad SMARTS) is 2. The predicted molar refractivity (Wildman–Crippen MR) is 73.8 cm³/mol. The minimum atomic E-state index is -1.16. The summed E-state index contributed by atoms with van der Waals surface area (Å²) in [5.41, 5.74) is 0.231. The van der Waals surface area contributed by atoms with Gasteiger partial charge in [0, 0.05) is 18.9 Å². The number of pyridine rings is 1. The van der Waals surface area contributed by atoms with Gasteiger partial charge >= 0.3 is 11.9 Å². The summed E-state index contributed by atoms with van der Waals surface area (Å²) in [4.78, 5) is 39.6. The summed E-state index contributed by atoms with van der Waals surface area (Å²) in [5.74, 6) is -3.64. The molecule has 21 heavy (non-hydrogen) atoms. The van der Waals surface area contributed by atoms with E-state index in [-0.39, 0.29) is 18.5 Å². The number of hydrogen-bond acceptors (Lipinski definition) is 4. The SMILES string of the molecule is CCC(C(=O)O)N(CC(C)C(=O)O)C(=O)c1cccnc1. The zero-order valence-corrected chi connectivity index (χ0v) is 11.9. The molecule has 7 nitrogen and oxygen atoms in total. The molecule has 0 aromatic carbocycles. The molecule has 0 spiro atoms. The van der Waals surface area contributed by atoms with Gasteiger partial charge in [0.1, 0.15) is 6.04 Å². The molecule has 7 heteroatoms. The standard InChI is InChI=1S/C14H18N2O5/c1-3-11(14(20)21)16(8-9(2)13(18)19)12(17)10-5-4-6-15-7-10/h4-7,9,11H,3,8H2,1-2H3,(H,18,19)(H,20,21). The highest BCUT2D eigenvalue weighted by atomic mass is 16.4. The Kier molecular flexibility index (Phi) is 5.83. The largest absolute Gasteiger partial charge is 0.481 e. The Morgan fingerprint density at radius 2 is 1.95 bits per heavy atom. The number of aromatic nitrogens is 1. The Hall–Kier alpha value is -2.44. The van der Waals surface area contributed by atoms with Crippen LogP contribution in [0.4, 0.5) is 0 Å². The lowest BCUT2D eigenvalue weighted by Crippen LogP contribution is -2.47. The molecule has 1 aromatic rings. The van der Waals surface area contributed by atoms with Crippen LogP contribution in [0.2, 0.25) is 0 Å². The van der Waals surface area contributed by atoms with Gasteiger partial charge in [-0.15, -0.1) is 0 Å². The van der Waals surface area contributed by atoms with Gasteiger partial charge in [0.15, 0.2) is 0 Å². The molecule has 2 N–H and O–H groups in total. The number of carbonyl (C=O) groups excluding carboxylic acids is 1. The molecule has 1 rings (SSSR count). The molecular formula is C14H18N2O5. The van der Waals surface area contributed by atoms with E-state index in [9.17, 15) is 19.5 Å². The average Bonchev–Trinajstić information content (AvgIpc) is 2.46. The van der Waals surface area contributed by atoms with Crippen molar-refractivity contribution in [2.75, 3.05) is 6.54 Å².